The molecular formula is C31H28F2N6O5. The summed E-state index contributed by atoms with van der Waals surface area (Å²) in [5, 5.41) is 9.93. The summed E-state index contributed by atoms with van der Waals surface area (Å²) in [6.45, 7) is 3.91. The first-order chi connectivity index (χ1) is 21.1. The Kier molecular flexibility index (Phi) is 8.47. The average molecular weight is 603 g/mol. The van der Waals surface area contributed by atoms with Gasteiger partial charge >= 0.3 is 5.69 Å². The highest BCUT2D eigenvalue weighted by atomic mass is 19.1. The van der Waals surface area contributed by atoms with Crippen molar-refractivity contribution in [2.75, 3.05) is 16.8 Å². The predicted octanol–water partition coefficient (Wildman–Crippen LogP) is 4.62. The zero-order chi connectivity index (χ0) is 31.5. The Balaban J connectivity index is 1.43. The van der Waals surface area contributed by atoms with E-state index in [1.807, 2.05) is 0 Å². The van der Waals surface area contributed by atoms with Gasteiger partial charge < -0.3 is 20.4 Å². The number of nitrogens with zero attached hydrogens (tertiary/aromatic N) is 4. The number of ether oxygens (including phenoxy) is 1. The van der Waals surface area contributed by atoms with Gasteiger partial charge in [-0.3, -0.25) is 23.9 Å². The second-order valence-electron chi connectivity index (χ2n) is 10.3. The second-order valence-corrected chi connectivity index (χ2v) is 10.3. The Morgan fingerprint density at radius 1 is 1.07 bits per heavy atom. The van der Waals surface area contributed by atoms with Crippen molar-refractivity contribution in [1.29, 1.82) is 5.41 Å². The Morgan fingerprint density at radius 2 is 1.82 bits per heavy atom. The van der Waals surface area contributed by atoms with Gasteiger partial charge in [0.1, 0.15) is 11.4 Å². The summed E-state index contributed by atoms with van der Waals surface area (Å²) in [6, 6.07) is 9.47. The molecule has 0 aliphatic carbocycles. The summed E-state index contributed by atoms with van der Waals surface area (Å²) in [5.41, 5.74) is -1.09. The number of amides is 2. The van der Waals surface area contributed by atoms with Gasteiger partial charge in [-0.25, -0.2) is 18.1 Å². The molecule has 13 heteroatoms. The molecule has 1 aliphatic rings. The number of hydrogen-bond acceptors (Lipinski definition) is 7. The van der Waals surface area contributed by atoms with E-state index in [9.17, 15) is 23.6 Å². The number of pyridine rings is 1. The van der Waals surface area contributed by atoms with E-state index in [-0.39, 0.29) is 40.8 Å². The Morgan fingerprint density at radius 3 is 2.45 bits per heavy atom. The van der Waals surface area contributed by atoms with Crippen LogP contribution in [0.15, 0.2) is 70.5 Å². The summed E-state index contributed by atoms with van der Waals surface area (Å²) < 4.78 is 36.5. The monoisotopic (exact) mass is 602 g/mol. The van der Waals surface area contributed by atoms with Gasteiger partial charge in [-0.2, -0.15) is 0 Å². The molecule has 11 nitrogen and oxygen atoms in total. The van der Waals surface area contributed by atoms with Crippen LogP contribution in [-0.4, -0.2) is 38.7 Å². The summed E-state index contributed by atoms with van der Waals surface area (Å²) in [4.78, 5) is 57.7. The van der Waals surface area contributed by atoms with Crippen molar-refractivity contribution in [1.82, 2.24) is 14.1 Å². The van der Waals surface area contributed by atoms with Crippen LogP contribution in [0, 0.1) is 17.0 Å². The van der Waals surface area contributed by atoms with Crippen LogP contribution in [0.3, 0.4) is 0 Å². The summed E-state index contributed by atoms with van der Waals surface area (Å²) in [5.74, 6) is -2.40. The average Bonchev–Trinajstić information content (AvgIpc) is 3.42. The molecule has 44 heavy (non-hydrogen) atoms. The molecule has 5 rings (SSSR count). The molecule has 226 valence electrons. The second kappa shape index (κ2) is 12.4. The number of carbonyl (C=O) groups is 2. The van der Waals surface area contributed by atoms with Crippen LogP contribution in [0.5, 0.6) is 11.5 Å². The topological polar surface area (TPSA) is 139 Å². The summed E-state index contributed by atoms with van der Waals surface area (Å²) in [7, 11) is 0. The molecule has 1 fully saturated rings. The van der Waals surface area contributed by atoms with Gasteiger partial charge in [0.25, 0.3) is 11.5 Å². The van der Waals surface area contributed by atoms with Gasteiger partial charge in [-0.05, 0) is 56.7 Å². The van der Waals surface area contributed by atoms with Crippen molar-refractivity contribution >= 4 is 29.4 Å². The van der Waals surface area contributed by atoms with Gasteiger partial charge in [0.05, 0.1) is 23.3 Å². The molecule has 0 radical (unpaired) electrons. The first-order valence-electron chi connectivity index (χ1n) is 13.8. The molecule has 2 amide bonds. The maximum absolute atomic E-state index is 15.2. The number of anilines is 2. The molecular weight excluding hydrogens is 574 g/mol. The third-order valence-electron chi connectivity index (χ3n) is 7.01. The standard InChI is InChI=1S/C31H28F2N6O5/c1-18(2)38-17-23(30(42)39(31(38)43)21-8-5-19(32)6-9-21)29(41)36-20-7-10-26(24(33)14-20)44-27-15-22(16-35-25(27)11-12-34)37-13-3-4-28(37)40/h5-10,12,14-18,34H,3-4,11,13H2,1-2H3,(H,36,41). The molecule has 2 aromatic carbocycles. The molecule has 0 unspecified atom stereocenters. The molecule has 0 atom stereocenters. The SMILES string of the molecule is CC(C)n1cc(C(=O)Nc2ccc(Oc3cc(N4CCCC4=O)cnc3CC=N)c(F)c2)c(=O)n(-c2ccc(F)cc2)c1=O. The molecule has 0 saturated carbocycles. The van der Waals surface area contributed by atoms with Crippen molar-refractivity contribution in [3.63, 3.8) is 0 Å². The fourth-order valence-corrected chi connectivity index (χ4v) is 4.76. The van der Waals surface area contributed by atoms with Crippen molar-refractivity contribution in [3.05, 3.63) is 105 Å². The minimum Gasteiger partial charge on any atom is -0.452 e. The van der Waals surface area contributed by atoms with Gasteiger partial charge in [-0.1, -0.05) is 0 Å². The summed E-state index contributed by atoms with van der Waals surface area (Å²) >= 11 is 0. The van der Waals surface area contributed by atoms with Gasteiger partial charge in [-0.15, -0.1) is 0 Å². The minimum atomic E-state index is -0.931. The number of aromatic nitrogens is 3. The van der Waals surface area contributed by atoms with Crippen LogP contribution in [0.25, 0.3) is 5.69 Å². The zero-order valence-corrected chi connectivity index (χ0v) is 23.8. The third-order valence-corrected chi connectivity index (χ3v) is 7.01. The lowest BCUT2D eigenvalue weighted by molar-refractivity contribution is -0.117. The molecule has 0 spiro atoms. The normalized spacial score (nSPS) is 12.9. The van der Waals surface area contributed by atoms with Gasteiger partial charge in [0.15, 0.2) is 17.3 Å². The van der Waals surface area contributed by atoms with Gasteiger partial charge in [0.2, 0.25) is 5.91 Å². The third kappa shape index (κ3) is 6.02. The van der Waals surface area contributed by atoms with Crippen LogP contribution in [-0.2, 0) is 11.2 Å². The van der Waals surface area contributed by atoms with Crippen LogP contribution >= 0.6 is 0 Å². The van der Waals surface area contributed by atoms with E-state index in [0.29, 0.717) is 30.8 Å². The molecule has 2 aromatic heterocycles. The van der Waals surface area contributed by atoms with Crippen LogP contribution in [0.4, 0.5) is 20.2 Å². The first-order valence-corrected chi connectivity index (χ1v) is 13.8. The van der Waals surface area contributed by atoms with E-state index >= 15 is 4.39 Å². The maximum Gasteiger partial charge on any atom is 0.335 e. The molecule has 1 aliphatic heterocycles. The number of halogens is 2. The minimum absolute atomic E-state index is 0.00383. The molecule has 2 N–H and O–H groups in total. The highest BCUT2D eigenvalue weighted by Crippen LogP contribution is 2.32. The van der Waals surface area contributed by atoms with Crippen LogP contribution in [0.2, 0.25) is 0 Å². The lowest BCUT2D eigenvalue weighted by Gasteiger charge is -2.18. The largest absolute Gasteiger partial charge is 0.452 e. The van der Waals surface area contributed by atoms with Crippen molar-refractivity contribution in [2.24, 2.45) is 0 Å². The smallest absolute Gasteiger partial charge is 0.335 e. The fraction of sp³-hybridized carbons (Fsp3) is 0.226. The number of rotatable bonds is 9. The number of carbonyl (C=O) groups excluding carboxylic acids is 2. The number of nitrogens with one attached hydrogen (secondary N) is 2. The maximum atomic E-state index is 15.2. The zero-order valence-electron chi connectivity index (χ0n) is 23.8. The molecule has 4 aromatic rings. The van der Waals surface area contributed by atoms with Crippen LogP contribution in [0.1, 0.15) is 48.8 Å². The number of hydrogen-bond donors (Lipinski definition) is 2. The van der Waals surface area contributed by atoms with Gasteiger partial charge in [0, 0.05) is 55.7 Å². The molecule has 0 bridgehead atoms. The summed E-state index contributed by atoms with van der Waals surface area (Å²) in [6.07, 6.45) is 5.01. The van der Waals surface area contributed by atoms with E-state index < -0.39 is 34.8 Å². The number of benzene rings is 2. The lowest BCUT2D eigenvalue weighted by atomic mass is 10.2. The van der Waals surface area contributed by atoms with E-state index in [4.69, 9.17) is 10.1 Å². The van der Waals surface area contributed by atoms with E-state index in [2.05, 4.69) is 10.3 Å². The Labute approximate surface area is 249 Å². The van der Waals surface area contributed by atoms with E-state index in [0.717, 1.165) is 35.2 Å². The fourth-order valence-electron chi connectivity index (χ4n) is 4.76. The van der Waals surface area contributed by atoms with Crippen molar-refractivity contribution < 1.29 is 23.1 Å². The first kappa shape index (κ1) is 30.0. The molecule has 3 heterocycles. The Bertz CT molecular complexity index is 1880. The van der Waals surface area contributed by atoms with Crippen molar-refractivity contribution in [2.45, 2.75) is 39.2 Å². The van der Waals surface area contributed by atoms with Crippen LogP contribution < -0.4 is 26.2 Å². The Hall–Kier alpha value is -5.46. The highest BCUT2D eigenvalue weighted by molar-refractivity contribution is 6.04. The highest BCUT2D eigenvalue weighted by Gasteiger charge is 2.24. The van der Waals surface area contributed by atoms with E-state index in [1.54, 1.807) is 24.8 Å². The molecule has 1 saturated heterocycles. The quantitative estimate of drug-likeness (QED) is 0.268. The predicted molar refractivity (Wildman–Crippen MR) is 159 cm³/mol. The lowest BCUT2D eigenvalue weighted by Crippen LogP contribution is -2.42. The van der Waals surface area contributed by atoms with E-state index in [1.165, 1.54) is 35.0 Å². The van der Waals surface area contributed by atoms with Crippen molar-refractivity contribution in [3.8, 4) is 17.2 Å².